The lowest BCUT2D eigenvalue weighted by Crippen LogP contribution is -2.42. The Balaban J connectivity index is 1.54. The lowest BCUT2D eigenvalue weighted by atomic mass is 9.95. The van der Waals surface area contributed by atoms with Crippen molar-refractivity contribution in [3.8, 4) is 0 Å². The van der Waals surface area contributed by atoms with E-state index in [4.69, 9.17) is 9.26 Å². The van der Waals surface area contributed by atoms with E-state index >= 15 is 0 Å². The molecule has 20 heavy (non-hydrogen) atoms. The number of carbonyl (C=O) groups is 1. The smallest absolute Gasteiger partial charge is 0.248 e. The van der Waals surface area contributed by atoms with E-state index in [2.05, 4.69) is 10.1 Å². The number of carbonyl (C=O) groups excluding carboxylic acids is 1. The summed E-state index contributed by atoms with van der Waals surface area (Å²) in [4.78, 5) is 18.2. The van der Waals surface area contributed by atoms with Gasteiger partial charge < -0.3 is 14.2 Å². The Hall–Kier alpha value is -1.43. The van der Waals surface area contributed by atoms with Gasteiger partial charge in [0, 0.05) is 32.5 Å². The standard InChI is InChI=1S/C14H21N3O3/c1-19-9-13(18)17-6-2-3-10(8-17)7-12-15-14(16-20-12)11-4-5-11/h10-11H,2-9H2,1H3. The molecular weight excluding hydrogens is 258 g/mol. The van der Waals surface area contributed by atoms with Gasteiger partial charge in [0.2, 0.25) is 11.8 Å². The van der Waals surface area contributed by atoms with Crippen LogP contribution in [0.2, 0.25) is 0 Å². The normalized spacial score (nSPS) is 23.1. The number of rotatable bonds is 5. The maximum Gasteiger partial charge on any atom is 0.248 e. The van der Waals surface area contributed by atoms with Crippen LogP contribution in [0.1, 0.15) is 43.3 Å². The minimum absolute atomic E-state index is 0.0707. The van der Waals surface area contributed by atoms with Gasteiger partial charge in [-0.3, -0.25) is 4.79 Å². The molecule has 2 heterocycles. The molecule has 110 valence electrons. The van der Waals surface area contributed by atoms with Gasteiger partial charge in [-0.1, -0.05) is 5.16 Å². The van der Waals surface area contributed by atoms with E-state index in [1.165, 1.54) is 12.8 Å². The third-order valence-corrected chi connectivity index (χ3v) is 4.03. The van der Waals surface area contributed by atoms with Crippen LogP contribution in [-0.2, 0) is 16.0 Å². The summed E-state index contributed by atoms with van der Waals surface area (Å²) >= 11 is 0. The largest absolute Gasteiger partial charge is 0.375 e. The number of likely N-dealkylation sites (tertiary alicyclic amines) is 1. The topological polar surface area (TPSA) is 68.5 Å². The van der Waals surface area contributed by atoms with E-state index in [0.29, 0.717) is 11.8 Å². The summed E-state index contributed by atoms with van der Waals surface area (Å²) in [5.41, 5.74) is 0. The first-order valence-electron chi connectivity index (χ1n) is 7.35. The zero-order valence-electron chi connectivity index (χ0n) is 11.9. The molecule has 3 rings (SSSR count). The molecule has 0 N–H and O–H groups in total. The molecule has 0 bridgehead atoms. The first-order chi connectivity index (χ1) is 9.76. The van der Waals surface area contributed by atoms with Crippen molar-refractivity contribution in [2.24, 2.45) is 5.92 Å². The predicted octanol–water partition coefficient (Wildman–Crippen LogP) is 1.37. The first kappa shape index (κ1) is 13.5. The quantitative estimate of drug-likeness (QED) is 0.814. The van der Waals surface area contributed by atoms with Gasteiger partial charge in [-0.15, -0.1) is 0 Å². The molecule has 0 radical (unpaired) electrons. The number of amides is 1. The van der Waals surface area contributed by atoms with Crippen LogP contribution in [0, 0.1) is 5.92 Å². The van der Waals surface area contributed by atoms with Crippen LogP contribution in [0.3, 0.4) is 0 Å². The third kappa shape index (κ3) is 3.17. The average molecular weight is 279 g/mol. The number of piperidine rings is 1. The maximum absolute atomic E-state index is 11.8. The minimum Gasteiger partial charge on any atom is -0.375 e. The summed E-state index contributed by atoms with van der Waals surface area (Å²) in [7, 11) is 1.55. The van der Waals surface area contributed by atoms with Crippen LogP contribution < -0.4 is 0 Å². The van der Waals surface area contributed by atoms with Crippen molar-refractivity contribution in [1.82, 2.24) is 15.0 Å². The highest BCUT2D eigenvalue weighted by Crippen LogP contribution is 2.38. The number of nitrogens with zero attached hydrogens (tertiary/aromatic N) is 3. The maximum atomic E-state index is 11.8. The fourth-order valence-electron chi connectivity index (χ4n) is 2.78. The van der Waals surface area contributed by atoms with E-state index in [-0.39, 0.29) is 12.5 Å². The summed E-state index contributed by atoms with van der Waals surface area (Å²) < 4.78 is 10.2. The molecule has 1 aliphatic heterocycles. The summed E-state index contributed by atoms with van der Waals surface area (Å²) in [6.07, 6.45) is 5.28. The number of aromatic nitrogens is 2. The van der Waals surface area contributed by atoms with Crippen LogP contribution in [0.4, 0.5) is 0 Å². The third-order valence-electron chi connectivity index (χ3n) is 4.03. The molecule has 1 aromatic heterocycles. The van der Waals surface area contributed by atoms with Crippen molar-refractivity contribution >= 4 is 5.91 Å². The molecule has 2 aliphatic rings. The van der Waals surface area contributed by atoms with Crippen molar-refractivity contribution in [2.75, 3.05) is 26.8 Å². The van der Waals surface area contributed by atoms with E-state index in [0.717, 1.165) is 44.1 Å². The molecule has 1 aliphatic carbocycles. The predicted molar refractivity (Wildman–Crippen MR) is 71.2 cm³/mol. The Morgan fingerprint density at radius 3 is 3.05 bits per heavy atom. The summed E-state index contributed by atoms with van der Waals surface area (Å²) in [5.74, 6) is 2.60. The highest BCUT2D eigenvalue weighted by Gasteiger charge is 2.30. The zero-order chi connectivity index (χ0) is 13.9. The average Bonchev–Trinajstić information content (AvgIpc) is 3.20. The molecule has 1 atom stereocenters. The SMILES string of the molecule is COCC(=O)N1CCCC(Cc2nc(C3CC3)no2)C1. The molecule has 0 aromatic carbocycles. The Morgan fingerprint density at radius 1 is 1.45 bits per heavy atom. The van der Waals surface area contributed by atoms with Crippen LogP contribution in [0.5, 0.6) is 0 Å². The Kier molecular flexibility index (Phi) is 4.00. The Labute approximate surface area is 118 Å². The van der Waals surface area contributed by atoms with Gasteiger partial charge in [0.1, 0.15) is 6.61 Å². The van der Waals surface area contributed by atoms with Crippen molar-refractivity contribution in [3.05, 3.63) is 11.7 Å². The van der Waals surface area contributed by atoms with Gasteiger partial charge in [-0.25, -0.2) is 0 Å². The lowest BCUT2D eigenvalue weighted by Gasteiger charge is -2.32. The molecule has 2 fully saturated rings. The van der Waals surface area contributed by atoms with Gasteiger partial charge in [0.05, 0.1) is 0 Å². The van der Waals surface area contributed by atoms with Crippen molar-refractivity contribution in [3.63, 3.8) is 0 Å². The minimum atomic E-state index is 0.0707. The summed E-state index contributed by atoms with van der Waals surface area (Å²) in [6, 6.07) is 0. The van der Waals surface area contributed by atoms with Gasteiger partial charge >= 0.3 is 0 Å². The second kappa shape index (κ2) is 5.91. The first-order valence-corrected chi connectivity index (χ1v) is 7.35. The van der Waals surface area contributed by atoms with Crippen LogP contribution in [0.15, 0.2) is 4.52 Å². The van der Waals surface area contributed by atoms with Gasteiger partial charge in [0.15, 0.2) is 5.82 Å². The Morgan fingerprint density at radius 2 is 2.30 bits per heavy atom. The number of hydrogen-bond donors (Lipinski definition) is 0. The molecule has 1 saturated heterocycles. The van der Waals surface area contributed by atoms with Crippen molar-refractivity contribution in [2.45, 2.75) is 38.0 Å². The fraction of sp³-hybridized carbons (Fsp3) is 0.786. The summed E-state index contributed by atoms with van der Waals surface area (Å²) in [6.45, 7) is 1.76. The second-order valence-corrected chi connectivity index (χ2v) is 5.81. The van der Waals surface area contributed by atoms with Crippen LogP contribution in [0.25, 0.3) is 0 Å². The van der Waals surface area contributed by atoms with E-state index in [1.807, 2.05) is 4.90 Å². The molecule has 1 amide bonds. The zero-order valence-corrected chi connectivity index (χ0v) is 11.9. The second-order valence-electron chi connectivity index (χ2n) is 5.81. The number of ether oxygens (including phenoxy) is 1. The van der Waals surface area contributed by atoms with Gasteiger partial charge in [-0.2, -0.15) is 4.98 Å². The molecule has 6 nitrogen and oxygen atoms in total. The number of methoxy groups -OCH3 is 1. The molecule has 1 saturated carbocycles. The van der Waals surface area contributed by atoms with Gasteiger partial charge in [-0.05, 0) is 31.6 Å². The molecule has 1 aromatic rings. The van der Waals surface area contributed by atoms with E-state index in [1.54, 1.807) is 7.11 Å². The summed E-state index contributed by atoms with van der Waals surface area (Å²) in [5, 5.41) is 4.04. The number of hydrogen-bond acceptors (Lipinski definition) is 5. The highest BCUT2D eigenvalue weighted by molar-refractivity contribution is 5.77. The van der Waals surface area contributed by atoms with Crippen molar-refractivity contribution < 1.29 is 14.1 Å². The van der Waals surface area contributed by atoms with Crippen LogP contribution >= 0.6 is 0 Å². The molecule has 6 heteroatoms. The van der Waals surface area contributed by atoms with E-state index in [9.17, 15) is 4.79 Å². The monoisotopic (exact) mass is 279 g/mol. The van der Waals surface area contributed by atoms with Gasteiger partial charge in [0.25, 0.3) is 0 Å². The molecule has 1 unspecified atom stereocenters. The van der Waals surface area contributed by atoms with E-state index < -0.39 is 0 Å². The highest BCUT2D eigenvalue weighted by atomic mass is 16.5. The Bertz CT molecular complexity index is 470. The fourth-order valence-corrected chi connectivity index (χ4v) is 2.78. The molecule has 0 spiro atoms. The van der Waals surface area contributed by atoms with Crippen molar-refractivity contribution in [1.29, 1.82) is 0 Å². The molecular formula is C14H21N3O3. The lowest BCUT2D eigenvalue weighted by molar-refractivity contribution is -0.137. The van der Waals surface area contributed by atoms with Crippen LogP contribution in [-0.4, -0.2) is 47.8 Å².